The Morgan fingerprint density at radius 3 is 2.38 bits per heavy atom. The van der Waals surface area contributed by atoms with Crippen LogP contribution in [0.2, 0.25) is 5.02 Å². The molecular weight excluding hydrogens is 483 g/mol. The number of nitrogens with one attached hydrogen (secondary N) is 2. The lowest BCUT2D eigenvalue weighted by Crippen LogP contribution is -2.22. The van der Waals surface area contributed by atoms with E-state index in [2.05, 4.69) is 5.22 Å². The molecule has 1 unspecified atom stereocenters. The van der Waals surface area contributed by atoms with Crippen molar-refractivity contribution in [3.8, 4) is 0 Å². The van der Waals surface area contributed by atoms with E-state index in [0.717, 1.165) is 40.0 Å². The Morgan fingerprint density at radius 1 is 1.03 bits per heavy atom. The largest absolute Gasteiger partial charge is 0.302 e. The maximum Gasteiger partial charge on any atom is 0.147 e. The molecule has 1 atom stereocenters. The van der Waals surface area contributed by atoms with Crippen molar-refractivity contribution in [1.82, 2.24) is 5.01 Å². The van der Waals surface area contributed by atoms with Gasteiger partial charge < -0.3 is 4.31 Å². The Labute approximate surface area is 205 Å². The average Bonchev–Trinajstić information content (AvgIpc) is 2.83. The van der Waals surface area contributed by atoms with Crippen LogP contribution in [-0.4, -0.2) is 17.9 Å². The van der Waals surface area contributed by atoms with Crippen LogP contribution in [0.15, 0.2) is 70.8 Å². The van der Waals surface area contributed by atoms with Crippen LogP contribution < -0.4 is 4.31 Å². The van der Waals surface area contributed by atoms with Crippen LogP contribution in [0.4, 0.5) is 18.9 Å². The standard InChI is InChI=1S/C24H23ClF3N5S/c1-16(22-10-6-19(26)13-17(22)3-2-12-32(15-29)31-30)33(24-14-20(27)7-11-23(24)28)34-21-8-4-18(25)5-9-21/h4-11,13-16,29-30H,2-3,12H2,1H3. The van der Waals surface area contributed by atoms with Crippen LogP contribution in [0.25, 0.3) is 0 Å². The molecule has 0 amide bonds. The number of hydrogen-bond donors (Lipinski definition) is 2. The molecule has 0 aliphatic carbocycles. The lowest BCUT2D eigenvalue weighted by atomic mass is 9.97. The van der Waals surface area contributed by atoms with E-state index in [1.165, 1.54) is 24.1 Å². The van der Waals surface area contributed by atoms with Crippen LogP contribution in [0.3, 0.4) is 0 Å². The smallest absolute Gasteiger partial charge is 0.147 e. The number of hydrogen-bond acceptors (Lipinski definition) is 5. The molecule has 3 aromatic carbocycles. The third-order valence-corrected chi connectivity index (χ3v) is 6.63. The van der Waals surface area contributed by atoms with Crippen molar-refractivity contribution >= 4 is 35.6 Å². The summed E-state index contributed by atoms with van der Waals surface area (Å²) in [7, 11) is 0. The van der Waals surface area contributed by atoms with Gasteiger partial charge in [-0.05, 0) is 91.4 Å². The Kier molecular flexibility index (Phi) is 8.95. The summed E-state index contributed by atoms with van der Waals surface area (Å²) in [6, 6.07) is 14.2. The predicted molar refractivity (Wildman–Crippen MR) is 130 cm³/mol. The second-order valence-electron chi connectivity index (χ2n) is 7.48. The number of anilines is 1. The van der Waals surface area contributed by atoms with Gasteiger partial charge in [-0.3, -0.25) is 5.41 Å². The van der Waals surface area contributed by atoms with E-state index in [-0.39, 0.29) is 5.69 Å². The lowest BCUT2D eigenvalue weighted by Gasteiger charge is -2.32. The molecule has 0 heterocycles. The fourth-order valence-corrected chi connectivity index (χ4v) is 4.62. The van der Waals surface area contributed by atoms with Crippen LogP contribution >= 0.6 is 23.5 Å². The molecule has 0 bridgehead atoms. The Hall–Kier alpha value is -3.04. The SMILES string of the molecule is CC(c1ccc(F)cc1CCCN(C=N)N=N)N(Sc1ccc(Cl)cc1)c1cc(F)ccc1F. The van der Waals surface area contributed by atoms with Crippen LogP contribution in [0.1, 0.15) is 30.5 Å². The maximum absolute atomic E-state index is 14.8. The lowest BCUT2D eigenvalue weighted by molar-refractivity contribution is 0.405. The zero-order valence-corrected chi connectivity index (χ0v) is 19.9. The van der Waals surface area contributed by atoms with Gasteiger partial charge in [0, 0.05) is 22.5 Å². The Bertz CT molecular complexity index is 1140. The van der Waals surface area contributed by atoms with Crippen molar-refractivity contribution in [3.05, 3.63) is 94.3 Å². The molecule has 0 aliphatic rings. The zero-order chi connectivity index (χ0) is 24.7. The van der Waals surface area contributed by atoms with Crippen LogP contribution in [0.5, 0.6) is 0 Å². The molecule has 10 heteroatoms. The zero-order valence-electron chi connectivity index (χ0n) is 18.3. The number of aryl methyl sites for hydroxylation is 1. The molecule has 2 N–H and O–H groups in total. The highest BCUT2D eigenvalue weighted by Crippen LogP contribution is 2.40. The molecule has 0 radical (unpaired) electrons. The first-order valence-electron chi connectivity index (χ1n) is 10.4. The van der Waals surface area contributed by atoms with Crippen LogP contribution in [-0.2, 0) is 6.42 Å². The summed E-state index contributed by atoms with van der Waals surface area (Å²) in [5.41, 5.74) is 8.55. The first-order valence-corrected chi connectivity index (χ1v) is 11.6. The molecule has 0 aliphatic heterocycles. The van der Waals surface area contributed by atoms with Gasteiger partial charge in [0.05, 0.1) is 11.7 Å². The molecule has 3 aromatic rings. The minimum atomic E-state index is -0.586. The first-order chi connectivity index (χ1) is 16.3. The van der Waals surface area contributed by atoms with Crippen molar-refractivity contribution in [3.63, 3.8) is 0 Å². The monoisotopic (exact) mass is 505 g/mol. The highest BCUT2D eigenvalue weighted by Gasteiger charge is 2.24. The summed E-state index contributed by atoms with van der Waals surface area (Å²) in [5, 5.41) is 12.2. The second kappa shape index (κ2) is 11.9. The number of nitrogens with zero attached hydrogens (tertiary/aromatic N) is 3. The molecule has 0 saturated heterocycles. The topological polar surface area (TPSA) is 66.5 Å². The molecule has 5 nitrogen and oxygen atoms in total. The van der Waals surface area contributed by atoms with E-state index in [9.17, 15) is 13.2 Å². The van der Waals surface area contributed by atoms with Gasteiger partial charge in [0.15, 0.2) is 0 Å². The van der Waals surface area contributed by atoms with E-state index in [0.29, 0.717) is 30.0 Å². The number of halogens is 4. The van der Waals surface area contributed by atoms with Gasteiger partial charge in [0.2, 0.25) is 0 Å². The van der Waals surface area contributed by atoms with Gasteiger partial charge >= 0.3 is 0 Å². The van der Waals surface area contributed by atoms with Crippen molar-refractivity contribution in [1.29, 1.82) is 10.9 Å². The van der Waals surface area contributed by atoms with E-state index in [1.54, 1.807) is 34.6 Å². The van der Waals surface area contributed by atoms with Gasteiger partial charge in [-0.15, -0.1) is 0 Å². The summed E-state index contributed by atoms with van der Waals surface area (Å²) >= 11 is 7.21. The Balaban J connectivity index is 1.97. The third-order valence-electron chi connectivity index (χ3n) is 5.18. The first kappa shape index (κ1) is 25.6. The van der Waals surface area contributed by atoms with Crippen molar-refractivity contribution in [2.24, 2.45) is 5.22 Å². The van der Waals surface area contributed by atoms with Crippen molar-refractivity contribution in [2.45, 2.75) is 30.7 Å². The van der Waals surface area contributed by atoms with Gasteiger partial charge in [-0.25, -0.2) is 18.2 Å². The van der Waals surface area contributed by atoms with Gasteiger partial charge in [0.25, 0.3) is 0 Å². The fourth-order valence-electron chi connectivity index (χ4n) is 3.50. The molecule has 0 aromatic heterocycles. The summed E-state index contributed by atoms with van der Waals surface area (Å²) in [5.74, 6) is -1.57. The molecular formula is C24H23ClF3N5S. The Morgan fingerprint density at radius 2 is 1.71 bits per heavy atom. The van der Waals surface area contributed by atoms with Crippen molar-refractivity contribution < 1.29 is 13.2 Å². The minimum absolute atomic E-state index is 0.0608. The summed E-state index contributed by atoms with van der Waals surface area (Å²) in [6.07, 6.45) is 1.90. The molecule has 3 rings (SSSR count). The molecule has 0 fully saturated rings. The maximum atomic E-state index is 14.8. The van der Waals surface area contributed by atoms with Crippen molar-refractivity contribution in [2.75, 3.05) is 10.8 Å². The van der Waals surface area contributed by atoms with Gasteiger partial charge in [-0.1, -0.05) is 22.9 Å². The number of benzene rings is 3. The number of rotatable bonds is 11. The quantitative estimate of drug-likeness (QED) is 0.0917. The van der Waals surface area contributed by atoms with E-state index in [4.69, 9.17) is 22.5 Å². The second-order valence-corrected chi connectivity index (χ2v) is 8.97. The van der Waals surface area contributed by atoms with E-state index < -0.39 is 23.5 Å². The third kappa shape index (κ3) is 6.51. The van der Waals surface area contributed by atoms with E-state index in [1.807, 2.05) is 6.92 Å². The van der Waals surface area contributed by atoms with Gasteiger partial charge in [-0.2, -0.15) is 5.53 Å². The highest BCUT2D eigenvalue weighted by atomic mass is 35.5. The molecule has 0 saturated carbocycles. The molecule has 178 valence electrons. The van der Waals surface area contributed by atoms with Gasteiger partial charge in [0.1, 0.15) is 23.8 Å². The predicted octanol–water partition coefficient (Wildman–Crippen LogP) is 7.82. The molecule has 34 heavy (non-hydrogen) atoms. The highest BCUT2D eigenvalue weighted by molar-refractivity contribution is 8.00. The fraction of sp³-hybridized carbons (Fsp3) is 0.208. The minimum Gasteiger partial charge on any atom is -0.302 e. The summed E-state index contributed by atoms with van der Waals surface area (Å²) < 4.78 is 44.7. The van der Waals surface area contributed by atoms with E-state index >= 15 is 0 Å². The summed E-state index contributed by atoms with van der Waals surface area (Å²) in [6.45, 7) is 2.16. The summed E-state index contributed by atoms with van der Waals surface area (Å²) in [4.78, 5) is 0.766. The molecule has 0 spiro atoms. The average molecular weight is 506 g/mol. The normalized spacial score (nSPS) is 11.7. The van der Waals surface area contributed by atoms with Crippen LogP contribution in [0, 0.1) is 28.4 Å².